The van der Waals surface area contributed by atoms with Gasteiger partial charge in [0.25, 0.3) is 0 Å². The lowest BCUT2D eigenvalue weighted by atomic mass is 10.2. The molecule has 4 aromatic rings. The molecule has 1 N–H and O–H groups in total. The van der Waals surface area contributed by atoms with Crippen molar-refractivity contribution < 1.29 is 13.9 Å². The van der Waals surface area contributed by atoms with Gasteiger partial charge in [0, 0.05) is 23.3 Å². The van der Waals surface area contributed by atoms with Crippen LogP contribution in [0.15, 0.2) is 54.2 Å². The highest BCUT2D eigenvalue weighted by molar-refractivity contribution is 7.14. The second kappa shape index (κ2) is 7.16. The molecule has 0 spiro atoms. The molecule has 1 aromatic carbocycles. The van der Waals surface area contributed by atoms with Crippen molar-refractivity contribution in [3.8, 4) is 17.0 Å². The van der Waals surface area contributed by atoms with Gasteiger partial charge in [-0.25, -0.2) is 14.4 Å². The molecule has 0 unspecified atom stereocenters. The first kappa shape index (κ1) is 17.2. The smallest absolute Gasteiger partial charge is 0.232 e. The molecular weight excluding hydrogens is 367 g/mol. The molecule has 8 heteroatoms. The van der Waals surface area contributed by atoms with Gasteiger partial charge in [-0.15, -0.1) is 11.3 Å². The zero-order valence-corrected chi connectivity index (χ0v) is 15.2. The second-order valence-corrected chi connectivity index (χ2v) is 6.69. The molecule has 0 aliphatic heterocycles. The quantitative estimate of drug-likeness (QED) is 0.570. The molecule has 0 fully saturated rings. The molecule has 27 heavy (non-hydrogen) atoms. The topological polar surface area (TPSA) is 68.5 Å². The van der Waals surface area contributed by atoms with Crippen molar-refractivity contribution in [1.29, 1.82) is 0 Å². The maximum absolute atomic E-state index is 13.2. The normalized spacial score (nSPS) is 10.9. The lowest BCUT2D eigenvalue weighted by molar-refractivity contribution is -0.115. The first-order valence-corrected chi connectivity index (χ1v) is 9.01. The van der Waals surface area contributed by atoms with E-state index in [4.69, 9.17) is 4.74 Å². The lowest BCUT2D eigenvalue weighted by Crippen LogP contribution is -2.14. The van der Waals surface area contributed by atoms with Crippen LogP contribution in [-0.2, 0) is 11.2 Å². The van der Waals surface area contributed by atoms with Crippen LogP contribution in [0.4, 0.5) is 9.52 Å². The van der Waals surface area contributed by atoms with Gasteiger partial charge in [0.2, 0.25) is 5.91 Å². The van der Waals surface area contributed by atoms with Crippen LogP contribution in [0.3, 0.4) is 0 Å². The van der Waals surface area contributed by atoms with Gasteiger partial charge in [-0.3, -0.25) is 4.79 Å². The summed E-state index contributed by atoms with van der Waals surface area (Å²) in [6.07, 6.45) is 3.05. The fourth-order valence-corrected chi connectivity index (χ4v) is 3.39. The number of anilines is 1. The monoisotopic (exact) mass is 382 g/mol. The van der Waals surface area contributed by atoms with Crippen molar-refractivity contribution in [2.24, 2.45) is 0 Å². The van der Waals surface area contributed by atoms with Gasteiger partial charge in [0.05, 0.1) is 24.9 Å². The largest absolute Gasteiger partial charge is 0.497 e. The molecule has 0 aliphatic carbocycles. The van der Waals surface area contributed by atoms with Crippen molar-refractivity contribution in [3.63, 3.8) is 0 Å². The van der Waals surface area contributed by atoms with E-state index in [0.717, 1.165) is 17.0 Å². The summed E-state index contributed by atoms with van der Waals surface area (Å²) < 4.78 is 19.9. The third-order valence-corrected chi connectivity index (χ3v) is 4.70. The first-order chi connectivity index (χ1) is 13.1. The van der Waals surface area contributed by atoms with E-state index in [-0.39, 0.29) is 18.1 Å². The zero-order valence-electron chi connectivity index (χ0n) is 14.3. The molecule has 136 valence electrons. The Morgan fingerprint density at radius 1 is 1.19 bits per heavy atom. The van der Waals surface area contributed by atoms with Crippen LogP contribution in [0, 0.1) is 5.82 Å². The molecule has 0 aliphatic rings. The number of nitrogens with zero attached hydrogens (tertiary/aromatic N) is 3. The van der Waals surface area contributed by atoms with E-state index in [2.05, 4.69) is 15.3 Å². The summed E-state index contributed by atoms with van der Waals surface area (Å²) in [6.45, 7) is 0. The van der Waals surface area contributed by atoms with E-state index < -0.39 is 0 Å². The fourth-order valence-electron chi connectivity index (χ4n) is 2.66. The van der Waals surface area contributed by atoms with E-state index in [1.807, 2.05) is 29.6 Å². The summed E-state index contributed by atoms with van der Waals surface area (Å²) in [5.41, 5.74) is 2.87. The third-order valence-electron chi connectivity index (χ3n) is 3.94. The maximum atomic E-state index is 13.2. The lowest BCUT2D eigenvalue weighted by Gasteiger charge is -2.01. The Morgan fingerprint density at radius 3 is 2.78 bits per heavy atom. The number of carbonyl (C=O) groups excluding carboxylic acids is 1. The molecule has 6 nitrogen and oxygen atoms in total. The summed E-state index contributed by atoms with van der Waals surface area (Å²) >= 11 is 1.35. The number of hydrogen-bond donors (Lipinski definition) is 1. The van der Waals surface area contributed by atoms with Crippen molar-refractivity contribution >= 4 is 28.0 Å². The number of amides is 1. The molecule has 0 bridgehead atoms. The SMILES string of the molecule is COc1ccc(-c2csc(NC(=O)Cc3cn4cc(F)ccc4n3)n2)cc1. The number of hydrogen-bond acceptors (Lipinski definition) is 5. The number of nitrogens with one attached hydrogen (secondary N) is 1. The number of carbonyl (C=O) groups is 1. The summed E-state index contributed by atoms with van der Waals surface area (Å²) in [6, 6.07) is 10.4. The van der Waals surface area contributed by atoms with E-state index >= 15 is 0 Å². The molecule has 0 atom stereocenters. The van der Waals surface area contributed by atoms with Gasteiger partial charge in [-0.2, -0.15) is 0 Å². The first-order valence-electron chi connectivity index (χ1n) is 8.13. The molecule has 1 amide bonds. The van der Waals surface area contributed by atoms with Gasteiger partial charge < -0.3 is 14.5 Å². The fraction of sp³-hybridized carbons (Fsp3) is 0.105. The van der Waals surface area contributed by atoms with E-state index in [1.54, 1.807) is 23.8 Å². The molecule has 4 rings (SSSR count). The molecule has 0 saturated heterocycles. The highest BCUT2D eigenvalue weighted by atomic mass is 32.1. The Balaban J connectivity index is 1.43. The highest BCUT2D eigenvalue weighted by Gasteiger charge is 2.11. The van der Waals surface area contributed by atoms with Gasteiger partial charge in [-0.1, -0.05) is 0 Å². The predicted molar refractivity (Wildman–Crippen MR) is 102 cm³/mol. The number of halogens is 1. The Hall–Kier alpha value is -3.26. The molecule has 0 radical (unpaired) electrons. The molecule has 3 heterocycles. The van der Waals surface area contributed by atoms with Crippen molar-refractivity contribution in [2.75, 3.05) is 12.4 Å². The minimum atomic E-state index is -0.357. The molecule has 0 saturated carbocycles. The zero-order chi connectivity index (χ0) is 18.8. The number of fused-ring (bicyclic) bond motifs is 1. The average Bonchev–Trinajstić information content (AvgIpc) is 3.27. The van der Waals surface area contributed by atoms with E-state index in [0.29, 0.717) is 16.5 Å². The highest BCUT2D eigenvalue weighted by Crippen LogP contribution is 2.26. The number of methoxy groups -OCH3 is 1. The van der Waals surface area contributed by atoms with Crippen molar-refractivity contribution in [1.82, 2.24) is 14.4 Å². The van der Waals surface area contributed by atoms with Crippen molar-refractivity contribution in [3.05, 3.63) is 65.7 Å². The Kier molecular flexibility index (Phi) is 4.55. The summed E-state index contributed by atoms with van der Waals surface area (Å²) in [7, 11) is 1.62. The van der Waals surface area contributed by atoms with Crippen molar-refractivity contribution in [2.45, 2.75) is 6.42 Å². The average molecular weight is 382 g/mol. The van der Waals surface area contributed by atoms with Crippen LogP contribution in [0.5, 0.6) is 5.75 Å². The Labute approximate surface area is 158 Å². The molecule has 3 aromatic heterocycles. The minimum Gasteiger partial charge on any atom is -0.497 e. The van der Waals surface area contributed by atoms with E-state index in [9.17, 15) is 9.18 Å². The molecular formula is C19H15FN4O2S. The van der Waals surface area contributed by atoms with Crippen LogP contribution in [-0.4, -0.2) is 27.4 Å². The summed E-state index contributed by atoms with van der Waals surface area (Å²) in [5, 5.41) is 5.17. The summed E-state index contributed by atoms with van der Waals surface area (Å²) in [5.74, 6) is 0.189. The number of pyridine rings is 1. The number of imidazole rings is 1. The second-order valence-electron chi connectivity index (χ2n) is 5.84. The third kappa shape index (κ3) is 3.80. The van der Waals surface area contributed by atoms with E-state index in [1.165, 1.54) is 23.6 Å². The van der Waals surface area contributed by atoms with Gasteiger partial charge >= 0.3 is 0 Å². The van der Waals surface area contributed by atoms with Crippen LogP contribution in [0.2, 0.25) is 0 Å². The van der Waals surface area contributed by atoms with Gasteiger partial charge in [0.1, 0.15) is 17.2 Å². The Morgan fingerprint density at radius 2 is 2.00 bits per heavy atom. The van der Waals surface area contributed by atoms with Crippen LogP contribution in [0.25, 0.3) is 16.9 Å². The number of ether oxygens (including phenoxy) is 1. The summed E-state index contributed by atoms with van der Waals surface area (Å²) in [4.78, 5) is 21.0. The number of rotatable bonds is 5. The minimum absolute atomic E-state index is 0.0841. The number of thiazole rings is 1. The van der Waals surface area contributed by atoms with Crippen LogP contribution >= 0.6 is 11.3 Å². The van der Waals surface area contributed by atoms with Crippen LogP contribution < -0.4 is 10.1 Å². The maximum Gasteiger partial charge on any atom is 0.232 e. The number of benzene rings is 1. The van der Waals surface area contributed by atoms with Gasteiger partial charge in [-0.05, 0) is 36.4 Å². The van der Waals surface area contributed by atoms with Gasteiger partial charge in [0.15, 0.2) is 5.13 Å². The van der Waals surface area contributed by atoms with Crippen LogP contribution in [0.1, 0.15) is 5.69 Å². The number of aromatic nitrogens is 3. The predicted octanol–water partition coefficient (Wildman–Crippen LogP) is 3.79. The Bertz CT molecular complexity index is 1100. The standard InChI is InChI=1S/C19H15FN4O2S/c1-26-15-5-2-12(3-6-15)16-11-27-19(22-16)23-18(25)8-14-10-24-9-13(20)4-7-17(24)21-14/h2-7,9-11H,8H2,1H3,(H,22,23,25).